The molecule has 6 nitrogen and oxygen atoms in total. The van der Waals surface area contributed by atoms with Crippen LogP contribution in [-0.2, 0) is 6.18 Å². The maximum absolute atomic E-state index is 12.8. The van der Waals surface area contributed by atoms with E-state index in [0.717, 1.165) is 56.7 Å². The molecule has 0 unspecified atom stereocenters. The van der Waals surface area contributed by atoms with Crippen LogP contribution in [0.5, 0.6) is 5.75 Å². The molecule has 3 heterocycles. The van der Waals surface area contributed by atoms with Gasteiger partial charge in [-0.2, -0.15) is 13.2 Å². The maximum atomic E-state index is 12.8. The van der Waals surface area contributed by atoms with Gasteiger partial charge in [0.25, 0.3) is 0 Å². The van der Waals surface area contributed by atoms with Gasteiger partial charge in [-0.1, -0.05) is 0 Å². The van der Waals surface area contributed by atoms with Crippen LogP contribution in [0.4, 0.5) is 19.0 Å². The van der Waals surface area contributed by atoms with Gasteiger partial charge in [-0.05, 0) is 75.5 Å². The van der Waals surface area contributed by atoms with Crippen LogP contribution in [0.1, 0.15) is 36.8 Å². The average Bonchev–Trinajstić information content (AvgIpc) is 3.21. The number of nitrogens with one attached hydrogen (secondary N) is 2. The number of halogens is 3. The predicted octanol–water partition coefficient (Wildman–Crippen LogP) is 3.80. The molecule has 0 saturated carbocycles. The van der Waals surface area contributed by atoms with E-state index in [1.165, 1.54) is 18.9 Å². The van der Waals surface area contributed by atoms with Crippen molar-refractivity contribution in [1.29, 1.82) is 0 Å². The molecule has 0 radical (unpaired) electrons. The molecule has 4 rings (SSSR count). The van der Waals surface area contributed by atoms with Crippen molar-refractivity contribution in [3.63, 3.8) is 0 Å². The Morgan fingerprint density at radius 3 is 2.71 bits per heavy atom. The minimum atomic E-state index is -4.51. The molecule has 0 bridgehead atoms. The second kappa shape index (κ2) is 9.00. The van der Waals surface area contributed by atoms with Crippen LogP contribution in [0.3, 0.4) is 0 Å². The number of nitrogens with zero attached hydrogens (tertiary/aromatic N) is 3. The molecule has 9 heteroatoms. The van der Waals surface area contributed by atoms with Crippen molar-refractivity contribution in [1.82, 2.24) is 20.4 Å². The molecule has 0 amide bonds. The number of aromatic hydroxyl groups is 1. The predicted molar refractivity (Wildman–Crippen MR) is 113 cm³/mol. The number of phenolic OH excluding ortho intramolecular Hbond substituents is 1. The Labute approximate surface area is 179 Å². The summed E-state index contributed by atoms with van der Waals surface area (Å²) in [6, 6.07) is 5.58. The Balaban J connectivity index is 1.43. The largest absolute Gasteiger partial charge is 0.507 e. The van der Waals surface area contributed by atoms with E-state index in [9.17, 15) is 18.3 Å². The second-order valence-corrected chi connectivity index (χ2v) is 8.53. The fourth-order valence-corrected chi connectivity index (χ4v) is 4.50. The Morgan fingerprint density at radius 1 is 1.19 bits per heavy atom. The van der Waals surface area contributed by atoms with E-state index in [4.69, 9.17) is 0 Å². The van der Waals surface area contributed by atoms with Crippen molar-refractivity contribution in [3.8, 4) is 17.0 Å². The summed E-state index contributed by atoms with van der Waals surface area (Å²) in [5.41, 5.74) is 0.439. The van der Waals surface area contributed by atoms with Crippen molar-refractivity contribution in [3.05, 3.63) is 35.4 Å². The lowest BCUT2D eigenvalue weighted by Crippen LogP contribution is -2.46. The Bertz CT molecular complexity index is 915. The molecule has 2 aliphatic heterocycles. The fourth-order valence-electron chi connectivity index (χ4n) is 4.50. The van der Waals surface area contributed by atoms with Crippen LogP contribution in [0.2, 0.25) is 0 Å². The number of benzene rings is 1. The zero-order valence-electron chi connectivity index (χ0n) is 17.5. The molecule has 31 heavy (non-hydrogen) atoms. The first-order valence-electron chi connectivity index (χ1n) is 10.8. The third-order valence-corrected chi connectivity index (χ3v) is 6.06. The number of hydrogen-bond acceptors (Lipinski definition) is 6. The van der Waals surface area contributed by atoms with Gasteiger partial charge in [0, 0.05) is 30.7 Å². The summed E-state index contributed by atoms with van der Waals surface area (Å²) in [5, 5.41) is 25.5. The summed E-state index contributed by atoms with van der Waals surface area (Å²) < 4.78 is 38.5. The van der Waals surface area contributed by atoms with Crippen molar-refractivity contribution >= 4 is 5.82 Å². The number of piperidine rings is 1. The number of hydrogen-bond donors (Lipinski definition) is 3. The fraction of sp³-hybridized carbons (Fsp3) is 0.545. The lowest BCUT2D eigenvalue weighted by atomic mass is 10.0. The normalized spacial score (nSPS) is 22.6. The van der Waals surface area contributed by atoms with Gasteiger partial charge in [-0.3, -0.25) is 4.90 Å². The molecule has 2 fully saturated rings. The lowest BCUT2D eigenvalue weighted by Gasteiger charge is -2.34. The van der Waals surface area contributed by atoms with Crippen LogP contribution in [-0.4, -0.2) is 58.5 Å². The molecular weight excluding hydrogens is 407 g/mol. The van der Waals surface area contributed by atoms with Crippen molar-refractivity contribution < 1.29 is 18.3 Å². The Hall–Kier alpha value is -2.39. The van der Waals surface area contributed by atoms with Crippen molar-refractivity contribution in [2.24, 2.45) is 0 Å². The first-order chi connectivity index (χ1) is 14.8. The molecule has 2 aliphatic rings. The van der Waals surface area contributed by atoms with Gasteiger partial charge < -0.3 is 15.7 Å². The van der Waals surface area contributed by atoms with E-state index < -0.39 is 17.5 Å². The molecule has 2 aromatic rings. The van der Waals surface area contributed by atoms with Crippen LogP contribution < -0.4 is 10.6 Å². The third kappa shape index (κ3) is 5.27. The van der Waals surface area contributed by atoms with Crippen LogP contribution in [0, 0.1) is 6.92 Å². The zero-order valence-corrected chi connectivity index (χ0v) is 17.5. The summed E-state index contributed by atoms with van der Waals surface area (Å²) >= 11 is 0. The quantitative estimate of drug-likeness (QED) is 0.664. The highest BCUT2D eigenvalue weighted by Crippen LogP contribution is 2.36. The highest BCUT2D eigenvalue weighted by Gasteiger charge is 2.31. The van der Waals surface area contributed by atoms with Crippen LogP contribution >= 0.6 is 0 Å². The van der Waals surface area contributed by atoms with E-state index in [-0.39, 0.29) is 11.6 Å². The molecule has 1 aromatic carbocycles. The molecule has 0 aliphatic carbocycles. The Morgan fingerprint density at radius 2 is 2.03 bits per heavy atom. The number of alkyl halides is 3. The summed E-state index contributed by atoms with van der Waals surface area (Å²) in [4.78, 5) is 2.49. The third-order valence-electron chi connectivity index (χ3n) is 6.06. The molecule has 3 N–H and O–H groups in total. The van der Waals surface area contributed by atoms with E-state index in [2.05, 4.69) is 25.7 Å². The summed E-state index contributed by atoms with van der Waals surface area (Å²) in [6.07, 6.45) is 0.144. The van der Waals surface area contributed by atoms with Gasteiger partial charge in [0.2, 0.25) is 0 Å². The van der Waals surface area contributed by atoms with Gasteiger partial charge in [-0.25, -0.2) is 0 Å². The number of phenols is 1. The molecular formula is C22H28F3N5O. The molecule has 1 aromatic heterocycles. The molecule has 0 spiro atoms. The number of rotatable bonds is 5. The second-order valence-electron chi connectivity index (χ2n) is 8.53. The van der Waals surface area contributed by atoms with Gasteiger partial charge >= 0.3 is 6.18 Å². The number of likely N-dealkylation sites (tertiary alicyclic amines) is 1. The number of aromatic nitrogens is 2. The van der Waals surface area contributed by atoms with Gasteiger partial charge in [0.05, 0.1) is 11.3 Å². The van der Waals surface area contributed by atoms with Crippen LogP contribution in [0.25, 0.3) is 11.3 Å². The maximum Gasteiger partial charge on any atom is 0.416 e. The molecule has 2 atom stereocenters. The molecule has 168 valence electrons. The minimum Gasteiger partial charge on any atom is -0.507 e. The van der Waals surface area contributed by atoms with Gasteiger partial charge in [0.1, 0.15) is 11.6 Å². The highest BCUT2D eigenvalue weighted by atomic mass is 19.4. The van der Waals surface area contributed by atoms with E-state index in [1.54, 1.807) is 0 Å². The van der Waals surface area contributed by atoms with Crippen molar-refractivity contribution in [2.75, 3.05) is 31.5 Å². The highest BCUT2D eigenvalue weighted by molar-refractivity contribution is 5.70. The van der Waals surface area contributed by atoms with E-state index in [0.29, 0.717) is 17.6 Å². The SMILES string of the molecule is Cc1cc(N[C@@H]2CCCN(C[C@H]3CCCN3)C2)nnc1-c1ccc(C(F)(F)F)cc1O. The lowest BCUT2D eigenvalue weighted by molar-refractivity contribution is -0.137. The topological polar surface area (TPSA) is 73.3 Å². The van der Waals surface area contributed by atoms with Crippen LogP contribution in [0.15, 0.2) is 24.3 Å². The summed E-state index contributed by atoms with van der Waals surface area (Å²) in [7, 11) is 0. The summed E-state index contributed by atoms with van der Waals surface area (Å²) in [5.74, 6) is 0.176. The van der Waals surface area contributed by atoms with Gasteiger partial charge in [-0.15, -0.1) is 10.2 Å². The van der Waals surface area contributed by atoms with E-state index >= 15 is 0 Å². The molecule has 2 saturated heterocycles. The number of aryl methyl sites for hydroxylation is 1. The smallest absolute Gasteiger partial charge is 0.416 e. The standard InChI is InChI=1S/C22H28F3N5O/c1-14-10-20(27-17-5-3-9-30(13-17)12-16-4-2-8-26-16)28-29-21(14)18-7-6-15(11-19(18)31)22(23,24)25/h6-7,10-11,16-17,26,31H,2-5,8-9,12-13H2,1H3,(H,27,28)/t16-,17-/m1/s1. The summed E-state index contributed by atoms with van der Waals surface area (Å²) in [6.45, 7) is 6.03. The minimum absolute atomic E-state index is 0.234. The first kappa shape index (κ1) is 21.8. The van der Waals surface area contributed by atoms with Gasteiger partial charge in [0.15, 0.2) is 0 Å². The van der Waals surface area contributed by atoms with Crippen molar-refractivity contribution in [2.45, 2.75) is 50.9 Å². The first-order valence-corrected chi connectivity index (χ1v) is 10.8. The Kier molecular flexibility index (Phi) is 6.34. The monoisotopic (exact) mass is 435 g/mol. The number of anilines is 1. The average molecular weight is 435 g/mol. The zero-order chi connectivity index (χ0) is 22.0. The van der Waals surface area contributed by atoms with E-state index in [1.807, 2.05) is 13.0 Å².